The van der Waals surface area contributed by atoms with E-state index in [9.17, 15) is 0 Å². The van der Waals surface area contributed by atoms with Crippen LogP contribution in [0.5, 0.6) is 0 Å². The highest BCUT2D eigenvalue weighted by Gasteiger charge is 2.01. The first-order valence-electron chi connectivity index (χ1n) is 5.49. The fraction of sp³-hybridized carbons (Fsp3) is 0.462. The fourth-order valence-corrected chi connectivity index (χ4v) is 1.38. The molecule has 0 unspecified atom stereocenters. The molecule has 2 nitrogen and oxygen atoms in total. The van der Waals surface area contributed by atoms with Crippen LogP contribution in [0.3, 0.4) is 0 Å². The second-order valence-electron chi connectivity index (χ2n) is 3.94. The van der Waals surface area contributed by atoms with Gasteiger partial charge in [0.05, 0.1) is 0 Å². The Labute approximate surface area is 91.9 Å². The smallest absolute Gasteiger partial charge is 0.139 e. The van der Waals surface area contributed by atoms with Crippen molar-refractivity contribution in [1.29, 1.82) is 0 Å². The van der Waals surface area contributed by atoms with E-state index < -0.39 is 0 Å². The van der Waals surface area contributed by atoms with Crippen LogP contribution in [0.1, 0.15) is 31.5 Å². The van der Waals surface area contributed by atoms with Gasteiger partial charge in [0, 0.05) is 24.3 Å². The number of aryl methyl sites for hydroxylation is 3. The molecule has 0 aliphatic heterocycles. The Morgan fingerprint density at radius 3 is 2.47 bits per heavy atom. The van der Waals surface area contributed by atoms with Crippen molar-refractivity contribution >= 4 is 11.0 Å². The summed E-state index contributed by atoms with van der Waals surface area (Å²) in [6.45, 7) is 8.39. The lowest BCUT2D eigenvalue weighted by Crippen LogP contribution is -1.91. The normalized spacial score (nSPS) is 9.93. The molecule has 2 aromatic heterocycles. The SMILES string of the molecule is CCC.Cc1cc2ccn(C)c2nc1C. The van der Waals surface area contributed by atoms with Gasteiger partial charge in [-0.3, -0.25) is 0 Å². The molecule has 0 fully saturated rings. The van der Waals surface area contributed by atoms with Crippen molar-refractivity contribution in [3.05, 3.63) is 29.6 Å². The highest BCUT2D eigenvalue weighted by molar-refractivity contribution is 5.77. The molecule has 2 heteroatoms. The summed E-state index contributed by atoms with van der Waals surface area (Å²) < 4.78 is 2.04. The minimum Gasteiger partial charge on any atom is -0.336 e. The number of nitrogens with zero attached hydrogens (tertiary/aromatic N) is 2. The van der Waals surface area contributed by atoms with Gasteiger partial charge in [0.2, 0.25) is 0 Å². The van der Waals surface area contributed by atoms with Gasteiger partial charge < -0.3 is 4.57 Å². The van der Waals surface area contributed by atoms with Crippen LogP contribution in [0.15, 0.2) is 18.3 Å². The van der Waals surface area contributed by atoms with Crippen LogP contribution in [0.25, 0.3) is 11.0 Å². The molecule has 0 N–H and O–H groups in total. The third-order valence-electron chi connectivity index (χ3n) is 2.29. The van der Waals surface area contributed by atoms with E-state index in [2.05, 4.69) is 37.9 Å². The van der Waals surface area contributed by atoms with Crippen LogP contribution < -0.4 is 0 Å². The standard InChI is InChI=1S/C10H12N2.C3H8/c1-7-6-9-4-5-12(3)10(9)11-8(7)2;1-3-2/h4-6H,1-3H3;3H2,1-2H3. The van der Waals surface area contributed by atoms with Gasteiger partial charge >= 0.3 is 0 Å². The topological polar surface area (TPSA) is 17.8 Å². The Bertz CT molecular complexity index is 441. The number of aromatic nitrogens is 2. The van der Waals surface area contributed by atoms with Gasteiger partial charge in [-0.2, -0.15) is 0 Å². The van der Waals surface area contributed by atoms with Crippen molar-refractivity contribution < 1.29 is 0 Å². The minimum atomic E-state index is 1.07. The summed E-state index contributed by atoms with van der Waals surface area (Å²) >= 11 is 0. The molecule has 0 saturated heterocycles. The molecule has 0 amide bonds. The summed E-state index contributed by atoms with van der Waals surface area (Å²) in [7, 11) is 2.02. The van der Waals surface area contributed by atoms with Gasteiger partial charge in [-0.15, -0.1) is 0 Å². The first-order valence-corrected chi connectivity index (χ1v) is 5.49. The summed E-state index contributed by atoms with van der Waals surface area (Å²) in [5.74, 6) is 0. The molecule has 0 radical (unpaired) electrons. The number of hydrogen-bond acceptors (Lipinski definition) is 1. The molecule has 0 spiro atoms. The van der Waals surface area contributed by atoms with E-state index in [0.717, 1.165) is 11.3 Å². The first-order chi connectivity index (χ1) is 7.10. The van der Waals surface area contributed by atoms with Gasteiger partial charge in [-0.1, -0.05) is 20.3 Å². The van der Waals surface area contributed by atoms with Gasteiger partial charge in [0.25, 0.3) is 0 Å². The average molecular weight is 204 g/mol. The summed E-state index contributed by atoms with van der Waals surface area (Å²) in [6, 6.07) is 4.27. The maximum absolute atomic E-state index is 4.50. The summed E-state index contributed by atoms with van der Waals surface area (Å²) in [5, 5.41) is 1.22. The Kier molecular flexibility index (Phi) is 3.89. The van der Waals surface area contributed by atoms with Crippen LogP contribution in [0.4, 0.5) is 0 Å². The van der Waals surface area contributed by atoms with Crippen LogP contribution >= 0.6 is 0 Å². The highest BCUT2D eigenvalue weighted by atomic mass is 15.0. The Morgan fingerprint density at radius 2 is 1.87 bits per heavy atom. The Balaban J connectivity index is 0.000000337. The van der Waals surface area contributed by atoms with Crippen LogP contribution in [-0.4, -0.2) is 9.55 Å². The molecule has 0 bridgehead atoms. The lowest BCUT2D eigenvalue weighted by Gasteiger charge is -2.00. The van der Waals surface area contributed by atoms with Gasteiger partial charge in [-0.05, 0) is 31.5 Å². The van der Waals surface area contributed by atoms with Crippen LogP contribution in [-0.2, 0) is 7.05 Å². The zero-order chi connectivity index (χ0) is 11.4. The third-order valence-corrected chi connectivity index (χ3v) is 2.29. The molecule has 0 atom stereocenters. The zero-order valence-electron chi connectivity index (χ0n) is 10.3. The molecule has 2 heterocycles. The van der Waals surface area contributed by atoms with E-state index in [0.29, 0.717) is 0 Å². The molecule has 0 aliphatic carbocycles. The van der Waals surface area contributed by atoms with Gasteiger partial charge in [-0.25, -0.2) is 4.98 Å². The predicted octanol–water partition coefficient (Wildman–Crippen LogP) is 3.61. The molecular weight excluding hydrogens is 184 g/mol. The predicted molar refractivity (Wildman–Crippen MR) is 66.2 cm³/mol. The molecule has 2 rings (SSSR count). The fourth-order valence-electron chi connectivity index (χ4n) is 1.38. The van der Waals surface area contributed by atoms with Crippen molar-refractivity contribution in [3.63, 3.8) is 0 Å². The second kappa shape index (κ2) is 4.96. The molecule has 15 heavy (non-hydrogen) atoms. The average Bonchev–Trinajstić information content (AvgIpc) is 2.51. The van der Waals surface area contributed by atoms with Crippen molar-refractivity contribution in [2.45, 2.75) is 34.1 Å². The third kappa shape index (κ3) is 2.58. The van der Waals surface area contributed by atoms with E-state index in [4.69, 9.17) is 0 Å². The van der Waals surface area contributed by atoms with Crippen molar-refractivity contribution in [3.8, 4) is 0 Å². The number of fused-ring (bicyclic) bond motifs is 1. The monoisotopic (exact) mass is 204 g/mol. The first kappa shape index (κ1) is 11.8. The number of rotatable bonds is 0. The van der Waals surface area contributed by atoms with E-state index in [1.807, 2.05) is 24.7 Å². The Hall–Kier alpha value is -1.31. The maximum Gasteiger partial charge on any atom is 0.139 e. The summed E-state index contributed by atoms with van der Waals surface area (Å²) in [4.78, 5) is 4.50. The maximum atomic E-state index is 4.50. The molecule has 0 aromatic carbocycles. The molecule has 82 valence electrons. The van der Waals surface area contributed by atoms with Gasteiger partial charge in [0.1, 0.15) is 5.65 Å². The van der Waals surface area contributed by atoms with Gasteiger partial charge in [0.15, 0.2) is 0 Å². The second-order valence-corrected chi connectivity index (χ2v) is 3.94. The Morgan fingerprint density at radius 1 is 1.27 bits per heavy atom. The van der Waals surface area contributed by atoms with Crippen molar-refractivity contribution in [1.82, 2.24) is 9.55 Å². The van der Waals surface area contributed by atoms with E-state index in [1.54, 1.807) is 0 Å². The molecule has 2 aromatic rings. The van der Waals surface area contributed by atoms with Crippen molar-refractivity contribution in [2.75, 3.05) is 0 Å². The quantitative estimate of drug-likeness (QED) is 0.641. The van der Waals surface area contributed by atoms with E-state index in [1.165, 1.54) is 17.4 Å². The van der Waals surface area contributed by atoms with E-state index in [-0.39, 0.29) is 0 Å². The van der Waals surface area contributed by atoms with E-state index >= 15 is 0 Å². The lowest BCUT2D eigenvalue weighted by atomic mass is 10.2. The number of pyridine rings is 1. The van der Waals surface area contributed by atoms with Crippen LogP contribution in [0, 0.1) is 13.8 Å². The number of hydrogen-bond donors (Lipinski definition) is 0. The molecule has 0 saturated carbocycles. The van der Waals surface area contributed by atoms with Crippen LogP contribution in [0.2, 0.25) is 0 Å². The zero-order valence-corrected chi connectivity index (χ0v) is 10.3. The summed E-state index contributed by atoms with van der Waals surface area (Å²) in [5.41, 5.74) is 3.44. The molecule has 0 aliphatic rings. The van der Waals surface area contributed by atoms with Crippen molar-refractivity contribution in [2.24, 2.45) is 7.05 Å². The summed E-state index contributed by atoms with van der Waals surface area (Å²) in [6.07, 6.45) is 3.29. The largest absolute Gasteiger partial charge is 0.336 e. The highest BCUT2D eigenvalue weighted by Crippen LogP contribution is 2.15. The molecular formula is C13H20N2. The lowest BCUT2D eigenvalue weighted by molar-refractivity contribution is 0.941. The minimum absolute atomic E-state index is 1.07.